The molecule has 0 N–H and O–H groups in total. The summed E-state index contributed by atoms with van der Waals surface area (Å²) in [6, 6.07) is 4.55. The van der Waals surface area contributed by atoms with Crippen LogP contribution in [0.3, 0.4) is 0 Å². The highest BCUT2D eigenvalue weighted by molar-refractivity contribution is 5.79. The van der Waals surface area contributed by atoms with Crippen molar-refractivity contribution < 1.29 is 4.79 Å². The molecule has 1 aliphatic heterocycles. The third-order valence-electron chi connectivity index (χ3n) is 5.36. The summed E-state index contributed by atoms with van der Waals surface area (Å²) in [7, 11) is 0. The monoisotopic (exact) mass is 300 g/mol. The molecule has 0 atom stereocenters. The SMILES string of the molecule is Cc1cc(C)c(CN2CCN(C(=O)C3CCC3)CC2)c(C)c1. The number of rotatable bonds is 3. The number of hydrogen-bond donors (Lipinski definition) is 0. The van der Waals surface area contributed by atoms with Crippen molar-refractivity contribution in [1.82, 2.24) is 9.80 Å². The summed E-state index contributed by atoms with van der Waals surface area (Å²) in [5.74, 6) is 0.752. The van der Waals surface area contributed by atoms with Gasteiger partial charge in [0.15, 0.2) is 0 Å². The maximum Gasteiger partial charge on any atom is 0.225 e. The molecule has 0 unspecified atom stereocenters. The molecule has 1 aliphatic carbocycles. The third-order valence-corrected chi connectivity index (χ3v) is 5.36. The number of amides is 1. The lowest BCUT2D eigenvalue weighted by molar-refractivity contribution is -0.140. The van der Waals surface area contributed by atoms with Crippen molar-refractivity contribution >= 4 is 5.91 Å². The summed E-state index contributed by atoms with van der Waals surface area (Å²) in [6.45, 7) is 11.4. The predicted molar refractivity (Wildman–Crippen MR) is 89.9 cm³/mol. The highest BCUT2D eigenvalue weighted by Crippen LogP contribution is 2.28. The summed E-state index contributed by atoms with van der Waals surface area (Å²) in [5.41, 5.74) is 5.59. The van der Waals surface area contributed by atoms with Gasteiger partial charge in [-0.1, -0.05) is 24.1 Å². The largest absolute Gasteiger partial charge is 0.340 e. The Morgan fingerprint density at radius 2 is 1.64 bits per heavy atom. The number of carbonyl (C=O) groups excluding carboxylic acids is 1. The summed E-state index contributed by atoms with van der Waals surface area (Å²) in [5, 5.41) is 0. The fourth-order valence-electron chi connectivity index (χ4n) is 3.72. The van der Waals surface area contributed by atoms with Crippen molar-refractivity contribution in [2.24, 2.45) is 5.92 Å². The van der Waals surface area contributed by atoms with Gasteiger partial charge in [-0.25, -0.2) is 0 Å². The van der Waals surface area contributed by atoms with Gasteiger partial charge in [0, 0.05) is 38.6 Å². The first kappa shape index (κ1) is 15.5. The van der Waals surface area contributed by atoms with Crippen LogP contribution in [0.25, 0.3) is 0 Å². The van der Waals surface area contributed by atoms with E-state index < -0.39 is 0 Å². The zero-order valence-corrected chi connectivity index (χ0v) is 14.2. The molecular weight excluding hydrogens is 272 g/mol. The number of aryl methyl sites for hydroxylation is 3. The van der Waals surface area contributed by atoms with E-state index in [1.54, 1.807) is 0 Å². The van der Waals surface area contributed by atoms with E-state index >= 15 is 0 Å². The zero-order chi connectivity index (χ0) is 15.7. The van der Waals surface area contributed by atoms with Gasteiger partial charge >= 0.3 is 0 Å². The Morgan fingerprint density at radius 3 is 2.14 bits per heavy atom. The molecule has 1 amide bonds. The molecule has 1 saturated carbocycles. The van der Waals surface area contributed by atoms with Gasteiger partial charge in [-0.05, 0) is 50.3 Å². The lowest BCUT2D eigenvalue weighted by atomic mass is 9.84. The maximum absolute atomic E-state index is 12.3. The molecule has 120 valence electrons. The van der Waals surface area contributed by atoms with E-state index in [1.807, 2.05) is 0 Å². The summed E-state index contributed by atoms with van der Waals surface area (Å²) < 4.78 is 0. The first-order valence-electron chi connectivity index (χ1n) is 8.62. The first-order valence-corrected chi connectivity index (χ1v) is 8.62. The number of benzene rings is 1. The van der Waals surface area contributed by atoms with Crippen molar-refractivity contribution in [3.05, 3.63) is 34.4 Å². The van der Waals surface area contributed by atoms with E-state index in [1.165, 1.54) is 28.7 Å². The molecule has 1 aromatic rings. The van der Waals surface area contributed by atoms with Gasteiger partial charge in [0.2, 0.25) is 5.91 Å². The molecule has 3 rings (SSSR count). The average molecular weight is 300 g/mol. The normalized spacial score (nSPS) is 20.0. The van der Waals surface area contributed by atoms with Gasteiger partial charge in [0.1, 0.15) is 0 Å². The van der Waals surface area contributed by atoms with Crippen LogP contribution < -0.4 is 0 Å². The molecule has 1 heterocycles. The molecule has 0 aromatic heterocycles. The van der Waals surface area contributed by atoms with Crippen molar-refractivity contribution in [1.29, 1.82) is 0 Å². The fraction of sp³-hybridized carbons (Fsp3) is 0.632. The number of hydrogen-bond acceptors (Lipinski definition) is 2. The van der Waals surface area contributed by atoms with Crippen molar-refractivity contribution in [2.75, 3.05) is 26.2 Å². The highest BCUT2D eigenvalue weighted by atomic mass is 16.2. The van der Waals surface area contributed by atoms with Crippen LogP contribution >= 0.6 is 0 Å². The van der Waals surface area contributed by atoms with Crippen molar-refractivity contribution in [3.63, 3.8) is 0 Å². The topological polar surface area (TPSA) is 23.6 Å². The van der Waals surface area contributed by atoms with E-state index in [0.717, 1.165) is 45.6 Å². The van der Waals surface area contributed by atoms with Crippen LogP contribution in [0.4, 0.5) is 0 Å². The maximum atomic E-state index is 12.3. The number of nitrogens with zero attached hydrogens (tertiary/aromatic N) is 2. The molecule has 0 bridgehead atoms. The lowest BCUT2D eigenvalue weighted by Crippen LogP contribution is -2.50. The van der Waals surface area contributed by atoms with Gasteiger partial charge in [-0.15, -0.1) is 0 Å². The molecule has 2 aliphatic rings. The molecule has 2 fully saturated rings. The van der Waals surface area contributed by atoms with Crippen LogP contribution in [0.15, 0.2) is 12.1 Å². The standard InChI is InChI=1S/C19H28N2O/c1-14-11-15(2)18(16(3)12-14)13-20-7-9-21(10-8-20)19(22)17-5-4-6-17/h11-12,17H,4-10,13H2,1-3H3. The molecule has 1 aromatic carbocycles. The van der Waals surface area contributed by atoms with Crippen LogP contribution in [0.5, 0.6) is 0 Å². The molecule has 3 heteroatoms. The molecule has 3 nitrogen and oxygen atoms in total. The minimum Gasteiger partial charge on any atom is -0.340 e. The quantitative estimate of drug-likeness (QED) is 0.856. The van der Waals surface area contributed by atoms with Gasteiger partial charge in [0.25, 0.3) is 0 Å². The Balaban J connectivity index is 1.57. The first-order chi connectivity index (χ1) is 10.5. The van der Waals surface area contributed by atoms with Crippen LogP contribution in [0, 0.1) is 26.7 Å². The minimum atomic E-state index is 0.341. The summed E-state index contributed by atoms with van der Waals surface area (Å²) in [6.07, 6.45) is 3.46. The van der Waals surface area contributed by atoms with Crippen molar-refractivity contribution in [2.45, 2.75) is 46.6 Å². The van der Waals surface area contributed by atoms with Crippen LogP contribution in [-0.4, -0.2) is 41.9 Å². The van der Waals surface area contributed by atoms with E-state index in [2.05, 4.69) is 42.7 Å². The number of carbonyl (C=O) groups is 1. The molecular formula is C19H28N2O. The van der Waals surface area contributed by atoms with Crippen LogP contribution in [-0.2, 0) is 11.3 Å². The third kappa shape index (κ3) is 3.19. The molecule has 0 radical (unpaired) electrons. The Morgan fingerprint density at radius 1 is 1.05 bits per heavy atom. The Kier molecular flexibility index (Phi) is 4.53. The van der Waals surface area contributed by atoms with Gasteiger partial charge in [-0.2, -0.15) is 0 Å². The van der Waals surface area contributed by atoms with Crippen LogP contribution in [0.1, 0.15) is 41.5 Å². The zero-order valence-electron chi connectivity index (χ0n) is 14.2. The molecule has 1 saturated heterocycles. The second kappa shape index (κ2) is 6.41. The van der Waals surface area contributed by atoms with Gasteiger partial charge in [0.05, 0.1) is 0 Å². The molecule has 22 heavy (non-hydrogen) atoms. The Hall–Kier alpha value is -1.35. The van der Waals surface area contributed by atoms with Gasteiger partial charge in [-0.3, -0.25) is 9.69 Å². The molecule has 0 spiro atoms. The Bertz CT molecular complexity index is 532. The fourth-order valence-corrected chi connectivity index (χ4v) is 3.72. The second-order valence-corrected chi connectivity index (χ2v) is 7.11. The van der Waals surface area contributed by atoms with E-state index in [9.17, 15) is 4.79 Å². The van der Waals surface area contributed by atoms with Crippen LogP contribution in [0.2, 0.25) is 0 Å². The smallest absolute Gasteiger partial charge is 0.225 e. The summed E-state index contributed by atoms with van der Waals surface area (Å²) >= 11 is 0. The van der Waals surface area contributed by atoms with E-state index in [4.69, 9.17) is 0 Å². The van der Waals surface area contributed by atoms with E-state index in [-0.39, 0.29) is 0 Å². The summed E-state index contributed by atoms with van der Waals surface area (Å²) in [4.78, 5) is 16.9. The van der Waals surface area contributed by atoms with Crippen molar-refractivity contribution in [3.8, 4) is 0 Å². The highest BCUT2D eigenvalue weighted by Gasteiger charge is 2.31. The van der Waals surface area contributed by atoms with Gasteiger partial charge < -0.3 is 4.90 Å². The second-order valence-electron chi connectivity index (χ2n) is 7.11. The average Bonchev–Trinajstić information content (AvgIpc) is 2.41. The lowest BCUT2D eigenvalue weighted by Gasteiger charge is -2.38. The number of piperazine rings is 1. The van der Waals surface area contributed by atoms with E-state index in [0.29, 0.717) is 11.8 Å². The predicted octanol–water partition coefficient (Wildman–Crippen LogP) is 3.06. The Labute approximate surface area is 134 Å². The minimum absolute atomic E-state index is 0.341.